The molecule has 30 heavy (non-hydrogen) atoms. The average molecular weight is 433 g/mol. The van der Waals surface area contributed by atoms with E-state index < -0.39 is 21.5 Å². The van der Waals surface area contributed by atoms with Gasteiger partial charge in [-0.1, -0.05) is 0 Å². The second kappa shape index (κ2) is 8.41. The minimum absolute atomic E-state index is 0.0380. The van der Waals surface area contributed by atoms with E-state index in [0.717, 1.165) is 12.8 Å². The number of carbonyl (C=O) groups is 2. The summed E-state index contributed by atoms with van der Waals surface area (Å²) in [6.07, 6.45) is 3.08. The van der Waals surface area contributed by atoms with Gasteiger partial charge in [0.05, 0.1) is 10.5 Å². The molecule has 9 nitrogen and oxygen atoms in total. The molecule has 2 amide bonds. The summed E-state index contributed by atoms with van der Waals surface area (Å²) in [6.45, 7) is 0.992. The molecule has 0 spiro atoms. The zero-order valence-electron chi connectivity index (χ0n) is 17.1. The van der Waals surface area contributed by atoms with Crippen LogP contribution in [-0.4, -0.2) is 61.2 Å². The molecule has 0 radical (unpaired) electrons. The third kappa shape index (κ3) is 4.29. The van der Waals surface area contributed by atoms with Crippen LogP contribution in [0.25, 0.3) is 0 Å². The lowest BCUT2D eigenvalue weighted by Crippen LogP contribution is -2.28. The standard InChI is InChI=1S/C20H24N4O5S/c1-22(2)19(26)15-12-17(20(27)23(3)13-15)21-18(25)14-6-8-16(9-7-14)30(28,29)24-10-4-5-11-24/h6-9,12-13H,4-5,10-11H2,1-3H3,(H,21,25). The van der Waals surface area contributed by atoms with Crippen molar-refractivity contribution in [1.29, 1.82) is 0 Å². The summed E-state index contributed by atoms with van der Waals surface area (Å²) < 4.78 is 27.8. The molecule has 2 heterocycles. The molecule has 1 fully saturated rings. The van der Waals surface area contributed by atoms with E-state index in [1.807, 2.05) is 0 Å². The molecule has 1 aromatic carbocycles. The summed E-state index contributed by atoms with van der Waals surface area (Å²) in [6, 6.07) is 6.89. The Labute approximate surface area is 175 Å². The van der Waals surface area contributed by atoms with Crippen LogP contribution in [0.4, 0.5) is 5.69 Å². The predicted molar refractivity (Wildman–Crippen MR) is 112 cm³/mol. The number of nitrogens with zero attached hydrogens (tertiary/aromatic N) is 3. The lowest BCUT2D eigenvalue weighted by atomic mass is 10.2. The highest BCUT2D eigenvalue weighted by atomic mass is 32.2. The van der Waals surface area contributed by atoms with Crippen LogP contribution in [0.5, 0.6) is 0 Å². The highest BCUT2D eigenvalue weighted by Crippen LogP contribution is 2.21. The van der Waals surface area contributed by atoms with Gasteiger partial charge in [-0.05, 0) is 43.2 Å². The normalized spacial score (nSPS) is 14.5. The Morgan fingerprint density at radius 2 is 1.63 bits per heavy atom. The fraction of sp³-hybridized carbons (Fsp3) is 0.350. The zero-order chi connectivity index (χ0) is 22.1. The largest absolute Gasteiger partial charge is 0.345 e. The Kier molecular flexibility index (Phi) is 6.09. The SMILES string of the molecule is CN(C)C(=O)c1cc(NC(=O)c2ccc(S(=O)(=O)N3CCCC3)cc2)c(=O)n(C)c1. The van der Waals surface area contributed by atoms with Crippen LogP contribution in [0.1, 0.15) is 33.6 Å². The van der Waals surface area contributed by atoms with Crippen LogP contribution in [0, 0.1) is 0 Å². The molecule has 0 aliphatic carbocycles. The van der Waals surface area contributed by atoms with E-state index in [1.54, 1.807) is 14.1 Å². The number of rotatable bonds is 5. The minimum atomic E-state index is -3.57. The van der Waals surface area contributed by atoms with Crippen molar-refractivity contribution in [2.45, 2.75) is 17.7 Å². The van der Waals surface area contributed by atoms with E-state index in [9.17, 15) is 22.8 Å². The Morgan fingerprint density at radius 3 is 2.20 bits per heavy atom. The molecule has 3 rings (SSSR count). The summed E-state index contributed by atoms with van der Waals surface area (Å²) in [5, 5.41) is 2.51. The van der Waals surface area contributed by atoms with Crippen molar-refractivity contribution < 1.29 is 18.0 Å². The molecule has 2 aromatic rings. The van der Waals surface area contributed by atoms with E-state index >= 15 is 0 Å². The van der Waals surface area contributed by atoms with Crippen LogP contribution in [-0.2, 0) is 17.1 Å². The lowest BCUT2D eigenvalue weighted by molar-refractivity contribution is 0.0826. The van der Waals surface area contributed by atoms with Crippen LogP contribution >= 0.6 is 0 Å². The summed E-state index contributed by atoms with van der Waals surface area (Å²) in [5.41, 5.74) is -0.0536. The average Bonchev–Trinajstić information content (AvgIpc) is 3.26. The van der Waals surface area contributed by atoms with Gasteiger partial charge in [0, 0.05) is 46.0 Å². The lowest BCUT2D eigenvalue weighted by Gasteiger charge is -2.15. The van der Waals surface area contributed by atoms with E-state index in [0.29, 0.717) is 13.1 Å². The number of nitrogens with one attached hydrogen (secondary N) is 1. The van der Waals surface area contributed by atoms with E-state index in [2.05, 4.69) is 5.32 Å². The number of pyridine rings is 1. The van der Waals surface area contributed by atoms with Crippen molar-refractivity contribution in [1.82, 2.24) is 13.8 Å². The highest BCUT2D eigenvalue weighted by Gasteiger charge is 2.27. The molecule has 1 aliphatic heterocycles. The molecule has 0 atom stereocenters. The molecular weight excluding hydrogens is 408 g/mol. The molecule has 1 saturated heterocycles. The highest BCUT2D eigenvalue weighted by molar-refractivity contribution is 7.89. The number of benzene rings is 1. The minimum Gasteiger partial charge on any atom is -0.345 e. The molecule has 0 unspecified atom stereocenters. The fourth-order valence-corrected chi connectivity index (χ4v) is 4.74. The van der Waals surface area contributed by atoms with Crippen molar-refractivity contribution in [3.05, 3.63) is 58.0 Å². The van der Waals surface area contributed by atoms with Crippen LogP contribution in [0.3, 0.4) is 0 Å². The van der Waals surface area contributed by atoms with E-state index in [1.165, 1.54) is 57.3 Å². The molecule has 10 heteroatoms. The second-order valence-corrected chi connectivity index (χ2v) is 9.29. The molecule has 1 N–H and O–H groups in total. The van der Waals surface area contributed by atoms with Gasteiger partial charge in [0.15, 0.2) is 0 Å². The first kappa shape index (κ1) is 21.7. The first-order valence-electron chi connectivity index (χ1n) is 9.45. The van der Waals surface area contributed by atoms with Crippen molar-refractivity contribution >= 4 is 27.5 Å². The maximum Gasteiger partial charge on any atom is 0.274 e. The Balaban J connectivity index is 1.83. The van der Waals surface area contributed by atoms with Gasteiger partial charge in [0.25, 0.3) is 17.4 Å². The number of hydrogen-bond acceptors (Lipinski definition) is 5. The summed E-state index contributed by atoms with van der Waals surface area (Å²) in [5.74, 6) is -0.885. The number of carbonyl (C=O) groups excluding carboxylic acids is 2. The topological polar surface area (TPSA) is 109 Å². The first-order valence-corrected chi connectivity index (χ1v) is 10.9. The van der Waals surface area contributed by atoms with Gasteiger partial charge in [-0.2, -0.15) is 4.31 Å². The maximum absolute atomic E-state index is 12.6. The van der Waals surface area contributed by atoms with Crippen LogP contribution in [0.15, 0.2) is 46.2 Å². The Bertz CT molecular complexity index is 1130. The molecule has 160 valence electrons. The van der Waals surface area contributed by atoms with Crippen LogP contribution < -0.4 is 10.9 Å². The van der Waals surface area contributed by atoms with Gasteiger partial charge in [0.1, 0.15) is 5.69 Å². The van der Waals surface area contributed by atoms with Gasteiger partial charge in [-0.15, -0.1) is 0 Å². The number of anilines is 1. The molecule has 0 bridgehead atoms. The molecule has 1 aliphatic rings. The Morgan fingerprint density at radius 1 is 1.03 bits per heavy atom. The van der Waals surface area contributed by atoms with Crippen molar-refractivity contribution in [3.63, 3.8) is 0 Å². The van der Waals surface area contributed by atoms with Crippen LogP contribution in [0.2, 0.25) is 0 Å². The summed E-state index contributed by atoms with van der Waals surface area (Å²) in [7, 11) is 1.09. The number of aryl methyl sites for hydroxylation is 1. The Hall–Kier alpha value is -2.98. The van der Waals surface area contributed by atoms with Crippen molar-refractivity contribution in [2.24, 2.45) is 7.05 Å². The first-order chi connectivity index (χ1) is 14.1. The molecular formula is C20H24N4O5S. The van der Waals surface area contributed by atoms with Crippen molar-refractivity contribution in [3.8, 4) is 0 Å². The van der Waals surface area contributed by atoms with Gasteiger partial charge in [0.2, 0.25) is 10.0 Å². The zero-order valence-corrected chi connectivity index (χ0v) is 17.9. The maximum atomic E-state index is 12.6. The van der Waals surface area contributed by atoms with Gasteiger partial charge < -0.3 is 14.8 Å². The fourth-order valence-electron chi connectivity index (χ4n) is 3.23. The van der Waals surface area contributed by atoms with E-state index in [-0.39, 0.29) is 27.6 Å². The van der Waals surface area contributed by atoms with Gasteiger partial charge in [-0.25, -0.2) is 8.42 Å². The number of hydrogen-bond donors (Lipinski definition) is 1. The number of amides is 2. The second-order valence-electron chi connectivity index (χ2n) is 7.35. The van der Waals surface area contributed by atoms with Gasteiger partial charge >= 0.3 is 0 Å². The summed E-state index contributed by atoms with van der Waals surface area (Å²) in [4.78, 5) is 38.6. The number of sulfonamides is 1. The molecule has 1 aromatic heterocycles. The smallest absolute Gasteiger partial charge is 0.274 e. The van der Waals surface area contributed by atoms with Crippen molar-refractivity contribution in [2.75, 3.05) is 32.5 Å². The predicted octanol–water partition coefficient (Wildman–Crippen LogP) is 1.12. The third-order valence-electron chi connectivity index (χ3n) is 4.90. The summed E-state index contributed by atoms with van der Waals surface area (Å²) >= 11 is 0. The van der Waals surface area contributed by atoms with E-state index in [4.69, 9.17) is 0 Å². The quantitative estimate of drug-likeness (QED) is 0.762. The molecule has 0 saturated carbocycles. The monoisotopic (exact) mass is 432 g/mol. The third-order valence-corrected chi connectivity index (χ3v) is 6.82. The van der Waals surface area contributed by atoms with Gasteiger partial charge in [-0.3, -0.25) is 14.4 Å². The number of aromatic nitrogens is 1.